The Morgan fingerprint density at radius 1 is 1.09 bits per heavy atom. The van der Waals surface area contributed by atoms with Crippen molar-refractivity contribution in [1.82, 2.24) is 0 Å². The van der Waals surface area contributed by atoms with Crippen LogP contribution in [-0.4, -0.2) is 25.9 Å². The maximum absolute atomic E-state index is 13.8. The summed E-state index contributed by atoms with van der Waals surface area (Å²) in [6.07, 6.45) is 3.28. The highest BCUT2D eigenvalue weighted by molar-refractivity contribution is 6.06. The average molecular weight is 463 g/mol. The van der Waals surface area contributed by atoms with Crippen LogP contribution >= 0.6 is 0 Å². The Morgan fingerprint density at radius 3 is 2.53 bits per heavy atom. The van der Waals surface area contributed by atoms with Crippen LogP contribution in [0, 0.1) is 5.41 Å². The molecule has 0 saturated carbocycles. The number of nitrogens with zero attached hydrogens (tertiary/aromatic N) is 1. The third kappa shape index (κ3) is 4.41. The molecule has 1 heterocycles. The van der Waals surface area contributed by atoms with Gasteiger partial charge in [0, 0.05) is 24.1 Å². The van der Waals surface area contributed by atoms with E-state index in [1.165, 1.54) is 0 Å². The SMILES string of the molecule is CCCCC(=O)N1c2ccccc2NC2=C(C(=O)CC(C)(C)C2)C1c1ccc(OC)c(OC)c1. The van der Waals surface area contributed by atoms with Gasteiger partial charge in [-0.1, -0.05) is 45.4 Å². The van der Waals surface area contributed by atoms with Gasteiger partial charge in [0.1, 0.15) is 0 Å². The number of anilines is 2. The van der Waals surface area contributed by atoms with E-state index in [-0.39, 0.29) is 17.1 Å². The van der Waals surface area contributed by atoms with Gasteiger partial charge in [0.25, 0.3) is 0 Å². The van der Waals surface area contributed by atoms with Gasteiger partial charge in [-0.3, -0.25) is 14.5 Å². The van der Waals surface area contributed by atoms with Crippen molar-refractivity contribution in [2.24, 2.45) is 5.41 Å². The number of para-hydroxylation sites is 2. The van der Waals surface area contributed by atoms with Crippen LogP contribution in [0.4, 0.5) is 11.4 Å². The molecule has 6 heteroatoms. The molecule has 2 aromatic carbocycles. The van der Waals surface area contributed by atoms with Crippen LogP contribution in [0.25, 0.3) is 0 Å². The molecule has 34 heavy (non-hydrogen) atoms. The molecule has 1 aliphatic heterocycles. The zero-order chi connectivity index (χ0) is 24.5. The number of hydrogen-bond donors (Lipinski definition) is 1. The van der Waals surface area contributed by atoms with Crippen molar-refractivity contribution in [1.29, 1.82) is 0 Å². The van der Waals surface area contributed by atoms with Gasteiger partial charge in [-0.15, -0.1) is 0 Å². The molecule has 1 amide bonds. The minimum absolute atomic E-state index is 0.00210. The largest absolute Gasteiger partial charge is 0.493 e. The van der Waals surface area contributed by atoms with E-state index < -0.39 is 6.04 Å². The normalized spacial score (nSPS) is 19.0. The predicted molar refractivity (Wildman–Crippen MR) is 134 cm³/mol. The average Bonchev–Trinajstić information content (AvgIpc) is 2.95. The van der Waals surface area contributed by atoms with Crippen LogP contribution < -0.4 is 19.7 Å². The number of carbonyl (C=O) groups is 2. The molecular weight excluding hydrogens is 428 g/mol. The van der Waals surface area contributed by atoms with Crippen LogP contribution in [0.2, 0.25) is 0 Å². The number of fused-ring (bicyclic) bond motifs is 1. The van der Waals surface area contributed by atoms with E-state index in [4.69, 9.17) is 9.47 Å². The van der Waals surface area contributed by atoms with E-state index in [0.29, 0.717) is 29.9 Å². The number of ketones is 1. The highest BCUT2D eigenvalue weighted by Crippen LogP contribution is 2.49. The summed E-state index contributed by atoms with van der Waals surface area (Å²) in [6.45, 7) is 6.30. The van der Waals surface area contributed by atoms with Crippen LogP contribution in [0.1, 0.15) is 64.5 Å². The lowest BCUT2D eigenvalue weighted by Gasteiger charge is -2.37. The Labute approximate surface area is 201 Å². The molecule has 4 rings (SSSR count). The number of rotatable bonds is 6. The molecule has 0 radical (unpaired) electrons. The molecule has 0 spiro atoms. The number of unbranched alkanes of at least 4 members (excludes halogenated alkanes) is 1. The fraction of sp³-hybridized carbons (Fsp3) is 0.429. The van der Waals surface area contributed by atoms with Gasteiger partial charge in [-0.05, 0) is 48.1 Å². The molecule has 0 saturated heterocycles. The van der Waals surface area contributed by atoms with Crippen molar-refractivity contribution in [2.75, 3.05) is 24.4 Å². The topological polar surface area (TPSA) is 67.9 Å². The van der Waals surface area contributed by atoms with Gasteiger partial charge in [-0.25, -0.2) is 0 Å². The molecule has 2 aliphatic rings. The van der Waals surface area contributed by atoms with Gasteiger partial charge in [-0.2, -0.15) is 0 Å². The Balaban J connectivity index is 1.98. The Hall–Kier alpha value is -3.28. The van der Waals surface area contributed by atoms with Gasteiger partial charge in [0.2, 0.25) is 5.91 Å². The minimum atomic E-state index is -0.557. The first-order chi connectivity index (χ1) is 16.3. The molecule has 0 aromatic heterocycles. The van der Waals surface area contributed by atoms with Crippen LogP contribution in [0.3, 0.4) is 0 Å². The number of amides is 1. The summed E-state index contributed by atoms with van der Waals surface area (Å²) < 4.78 is 11.0. The molecule has 180 valence electrons. The molecule has 0 fully saturated rings. The fourth-order valence-electron chi connectivity index (χ4n) is 5.05. The second-order valence-corrected chi connectivity index (χ2v) is 9.86. The summed E-state index contributed by atoms with van der Waals surface area (Å²) in [6, 6.07) is 12.9. The fourth-order valence-corrected chi connectivity index (χ4v) is 5.05. The van der Waals surface area contributed by atoms with Crippen LogP contribution in [0.5, 0.6) is 11.5 Å². The number of allylic oxidation sites excluding steroid dienone is 1. The van der Waals surface area contributed by atoms with Crippen molar-refractivity contribution in [3.05, 3.63) is 59.3 Å². The Kier molecular flexibility index (Phi) is 6.69. The summed E-state index contributed by atoms with van der Waals surface area (Å²) in [5.74, 6) is 1.24. The predicted octanol–water partition coefficient (Wildman–Crippen LogP) is 6.04. The molecule has 1 aliphatic carbocycles. The highest BCUT2D eigenvalue weighted by Gasteiger charge is 2.43. The monoisotopic (exact) mass is 462 g/mol. The molecule has 0 bridgehead atoms. The zero-order valence-electron chi connectivity index (χ0n) is 20.7. The van der Waals surface area contributed by atoms with Gasteiger partial charge >= 0.3 is 0 Å². The highest BCUT2D eigenvalue weighted by atomic mass is 16.5. The lowest BCUT2D eigenvalue weighted by molar-refractivity contribution is -0.119. The molecular formula is C28H34N2O4. The third-order valence-electron chi connectivity index (χ3n) is 6.64. The van der Waals surface area contributed by atoms with Crippen LogP contribution in [-0.2, 0) is 9.59 Å². The number of nitrogens with one attached hydrogen (secondary N) is 1. The summed E-state index contributed by atoms with van der Waals surface area (Å²) in [5, 5.41) is 3.55. The van der Waals surface area contributed by atoms with Crippen molar-refractivity contribution < 1.29 is 19.1 Å². The first-order valence-corrected chi connectivity index (χ1v) is 12.0. The minimum Gasteiger partial charge on any atom is -0.493 e. The number of hydrogen-bond acceptors (Lipinski definition) is 5. The standard InChI is InChI=1S/C28H34N2O4/c1-6-7-12-25(32)30-21-11-9-8-10-19(21)29-20-16-28(2,3)17-22(31)26(20)27(30)18-13-14-23(33-4)24(15-18)34-5/h8-11,13-15,27,29H,6-7,12,16-17H2,1-5H3. The molecule has 6 nitrogen and oxygen atoms in total. The number of benzene rings is 2. The summed E-state index contributed by atoms with van der Waals surface area (Å²) in [5.41, 5.74) is 3.83. The van der Waals surface area contributed by atoms with E-state index in [9.17, 15) is 9.59 Å². The zero-order valence-corrected chi connectivity index (χ0v) is 20.7. The molecule has 1 unspecified atom stereocenters. The second-order valence-electron chi connectivity index (χ2n) is 9.86. The number of methoxy groups -OCH3 is 2. The van der Waals surface area contributed by atoms with Gasteiger partial charge in [0.05, 0.1) is 31.6 Å². The van der Waals surface area contributed by atoms with Crippen LogP contribution in [0.15, 0.2) is 53.7 Å². The first kappa shape index (κ1) is 23.9. The summed E-state index contributed by atoms with van der Waals surface area (Å²) >= 11 is 0. The maximum Gasteiger partial charge on any atom is 0.227 e. The van der Waals surface area contributed by atoms with Crippen molar-refractivity contribution in [2.45, 2.75) is 58.9 Å². The summed E-state index contributed by atoms with van der Waals surface area (Å²) in [7, 11) is 3.19. The lowest BCUT2D eigenvalue weighted by atomic mass is 9.73. The third-order valence-corrected chi connectivity index (χ3v) is 6.64. The number of ether oxygens (including phenoxy) is 2. The second kappa shape index (κ2) is 9.53. The number of carbonyl (C=O) groups excluding carboxylic acids is 2. The Morgan fingerprint density at radius 2 is 1.82 bits per heavy atom. The quantitative estimate of drug-likeness (QED) is 0.567. The van der Waals surface area contributed by atoms with E-state index in [0.717, 1.165) is 41.9 Å². The van der Waals surface area contributed by atoms with Gasteiger partial charge in [0.15, 0.2) is 17.3 Å². The maximum atomic E-state index is 13.8. The van der Waals surface area contributed by atoms with Crippen molar-refractivity contribution in [3.8, 4) is 11.5 Å². The first-order valence-electron chi connectivity index (χ1n) is 12.0. The smallest absolute Gasteiger partial charge is 0.227 e. The Bertz CT molecular complexity index is 1130. The molecule has 1 N–H and O–H groups in total. The van der Waals surface area contributed by atoms with E-state index >= 15 is 0 Å². The van der Waals surface area contributed by atoms with E-state index in [1.807, 2.05) is 47.4 Å². The van der Waals surface area contributed by atoms with Crippen molar-refractivity contribution in [3.63, 3.8) is 0 Å². The molecule has 1 atom stereocenters. The lowest BCUT2D eigenvalue weighted by Crippen LogP contribution is -2.39. The van der Waals surface area contributed by atoms with Crippen molar-refractivity contribution >= 4 is 23.1 Å². The summed E-state index contributed by atoms with van der Waals surface area (Å²) in [4.78, 5) is 29.3. The molecule has 2 aromatic rings. The van der Waals surface area contributed by atoms with E-state index in [1.54, 1.807) is 14.2 Å². The van der Waals surface area contributed by atoms with Gasteiger partial charge < -0.3 is 14.8 Å². The van der Waals surface area contributed by atoms with E-state index in [2.05, 4.69) is 26.1 Å². The number of Topliss-reactive ketones (excluding diaryl/α,β-unsaturated/α-hetero) is 1.